The molecule has 7 heteroatoms. The molecular formula is C18H19FN2O4. The minimum Gasteiger partial charge on any atom is -0.444 e. The van der Waals surface area contributed by atoms with Gasteiger partial charge in [0.25, 0.3) is 5.91 Å². The van der Waals surface area contributed by atoms with Gasteiger partial charge < -0.3 is 14.6 Å². The van der Waals surface area contributed by atoms with Crippen LogP contribution in [0.5, 0.6) is 0 Å². The van der Waals surface area contributed by atoms with Crippen molar-refractivity contribution in [3.8, 4) is 0 Å². The molecule has 1 aromatic heterocycles. The first kappa shape index (κ1) is 17.1. The number of nitrogens with zero attached hydrogens (tertiary/aromatic N) is 1. The van der Waals surface area contributed by atoms with E-state index in [2.05, 4.69) is 10.5 Å². The van der Waals surface area contributed by atoms with E-state index in [1.807, 2.05) is 6.92 Å². The van der Waals surface area contributed by atoms with Gasteiger partial charge in [-0.3, -0.25) is 4.79 Å². The number of ether oxygens (including phenoxy) is 1. The SMILES string of the molecule is CCc1noc(C)c1C(=O)OC(C(=O)NC1CC1)c1ccc(F)cc1. The molecule has 1 fully saturated rings. The number of nitrogens with one attached hydrogen (secondary N) is 1. The molecule has 0 bridgehead atoms. The van der Waals surface area contributed by atoms with Gasteiger partial charge in [0.05, 0.1) is 5.69 Å². The Balaban J connectivity index is 1.85. The summed E-state index contributed by atoms with van der Waals surface area (Å²) in [5.41, 5.74) is 1.11. The van der Waals surface area contributed by atoms with Crippen LogP contribution in [-0.4, -0.2) is 23.1 Å². The van der Waals surface area contributed by atoms with Gasteiger partial charge in [0, 0.05) is 11.6 Å². The van der Waals surface area contributed by atoms with E-state index >= 15 is 0 Å². The van der Waals surface area contributed by atoms with Crippen LogP contribution >= 0.6 is 0 Å². The standard InChI is InChI=1S/C18H19FN2O4/c1-3-14-15(10(2)25-21-14)18(23)24-16(17(22)20-13-8-9-13)11-4-6-12(19)7-5-11/h4-7,13,16H,3,8-9H2,1-2H3,(H,20,22). The van der Waals surface area contributed by atoms with Crippen molar-refractivity contribution in [3.05, 3.63) is 52.7 Å². The fraction of sp³-hybridized carbons (Fsp3) is 0.389. The second-order valence-corrected chi connectivity index (χ2v) is 6.03. The molecule has 1 aliphatic carbocycles. The number of carbonyl (C=O) groups is 2. The maximum absolute atomic E-state index is 13.2. The molecule has 1 saturated carbocycles. The van der Waals surface area contributed by atoms with E-state index in [4.69, 9.17) is 9.26 Å². The van der Waals surface area contributed by atoms with Crippen molar-refractivity contribution < 1.29 is 23.2 Å². The molecular weight excluding hydrogens is 327 g/mol. The molecule has 132 valence electrons. The quantitative estimate of drug-likeness (QED) is 0.814. The average Bonchev–Trinajstić information content (AvgIpc) is 3.32. The Bertz CT molecular complexity index is 781. The Morgan fingerprint density at radius 1 is 1.36 bits per heavy atom. The second-order valence-electron chi connectivity index (χ2n) is 6.03. The number of aromatic nitrogens is 1. The van der Waals surface area contributed by atoms with Crippen LogP contribution in [0.1, 0.15) is 53.2 Å². The maximum Gasteiger partial charge on any atom is 0.344 e. The predicted octanol–water partition coefficient (Wildman–Crippen LogP) is 2.86. The van der Waals surface area contributed by atoms with Crippen LogP contribution in [0.15, 0.2) is 28.8 Å². The van der Waals surface area contributed by atoms with E-state index in [9.17, 15) is 14.0 Å². The third-order valence-corrected chi connectivity index (χ3v) is 4.03. The molecule has 0 radical (unpaired) electrons. The van der Waals surface area contributed by atoms with Crippen molar-refractivity contribution >= 4 is 11.9 Å². The van der Waals surface area contributed by atoms with Crippen LogP contribution in [0.25, 0.3) is 0 Å². The summed E-state index contributed by atoms with van der Waals surface area (Å²) in [5, 5.41) is 6.64. The second kappa shape index (κ2) is 7.04. The number of hydrogen-bond donors (Lipinski definition) is 1. The van der Waals surface area contributed by atoms with Crippen molar-refractivity contribution in [1.82, 2.24) is 10.5 Å². The highest BCUT2D eigenvalue weighted by atomic mass is 19.1. The van der Waals surface area contributed by atoms with Gasteiger partial charge in [0.1, 0.15) is 17.1 Å². The first-order valence-electron chi connectivity index (χ1n) is 8.21. The Morgan fingerprint density at radius 3 is 2.64 bits per heavy atom. The highest BCUT2D eigenvalue weighted by Crippen LogP contribution is 2.25. The molecule has 1 aromatic carbocycles. The van der Waals surface area contributed by atoms with Crippen LogP contribution in [-0.2, 0) is 16.0 Å². The molecule has 0 saturated heterocycles. The summed E-state index contributed by atoms with van der Waals surface area (Å²) < 4.78 is 23.7. The number of carbonyl (C=O) groups excluding carboxylic acids is 2. The fourth-order valence-electron chi connectivity index (χ4n) is 2.50. The molecule has 0 aliphatic heterocycles. The number of rotatable bonds is 6. The Labute approximate surface area is 144 Å². The molecule has 3 rings (SSSR count). The van der Waals surface area contributed by atoms with Gasteiger partial charge in [-0.05, 0) is 38.3 Å². The summed E-state index contributed by atoms with van der Waals surface area (Å²) in [6, 6.07) is 5.42. The summed E-state index contributed by atoms with van der Waals surface area (Å²) in [6.07, 6.45) is 1.14. The van der Waals surface area contributed by atoms with Crippen molar-refractivity contribution in [3.63, 3.8) is 0 Å². The van der Waals surface area contributed by atoms with Gasteiger partial charge in [-0.1, -0.05) is 24.2 Å². The van der Waals surface area contributed by atoms with Crippen molar-refractivity contribution in [2.75, 3.05) is 0 Å². The topological polar surface area (TPSA) is 81.4 Å². The third kappa shape index (κ3) is 3.87. The summed E-state index contributed by atoms with van der Waals surface area (Å²) in [6.45, 7) is 3.45. The molecule has 0 spiro atoms. The van der Waals surface area contributed by atoms with E-state index in [1.165, 1.54) is 24.3 Å². The lowest BCUT2D eigenvalue weighted by Gasteiger charge is -2.18. The van der Waals surface area contributed by atoms with E-state index in [-0.39, 0.29) is 11.6 Å². The van der Waals surface area contributed by atoms with E-state index in [0.717, 1.165) is 12.8 Å². The lowest BCUT2D eigenvalue weighted by atomic mass is 10.1. The van der Waals surface area contributed by atoms with Crippen molar-refractivity contribution in [1.29, 1.82) is 0 Å². The maximum atomic E-state index is 13.2. The normalized spacial score (nSPS) is 14.8. The molecule has 1 aliphatic rings. The van der Waals surface area contributed by atoms with Crippen LogP contribution in [0.4, 0.5) is 4.39 Å². The monoisotopic (exact) mass is 346 g/mol. The molecule has 1 amide bonds. The number of esters is 1. The van der Waals surface area contributed by atoms with Crippen LogP contribution in [0.2, 0.25) is 0 Å². The van der Waals surface area contributed by atoms with Gasteiger partial charge in [0.2, 0.25) is 6.10 Å². The summed E-state index contributed by atoms with van der Waals surface area (Å²) in [7, 11) is 0. The van der Waals surface area contributed by atoms with Gasteiger partial charge in [-0.2, -0.15) is 0 Å². The fourth-order valence-corrected chi connectivity index (χ4v) is 2.50. The van der Waals surface area contributed by atoms with Crippen LogP contribution in [0, 0.1) is 12.7 Å². The molecule has 25 heavy (non-hydrogen) atoms. The Kier molecular flexibility index (Phi) is 4.83. The van der Waals surface area contributed by atoms with Gasteiger partial charge in [0.15, 0.2) is 0 Å². The third-order valence-electron chi connectivity index (χ3n) is 4.03. The van der Waals surface area contributed by atoms with E-state index in [0.29, 0.717) is 23.4 Å². The number of amides is 1. The van der Waals surface area contributed by atoms with E-state index in [1.54, 1.807) is 6.92 Å². The minimum atomic E-state index is -1.16. The molecule has 1 N–H and O–H groups in total. The lowest BCUT2D eigenvalue weighted by molar-refractivity contribution is -0.130. The minimum absolute atomic E-state index is 0.109. The molecule has 6 nitrogen and oxygen atoms in total. The molecule has 1 unspecified atom stereocenters. The molecule has 1 atom stereocenters. The lowest BCUT2D eigenvalue weighted by Crippen LogP contribution is -2.33. The predicted molar refractivity (Wildman–Crippen MR) is 86.3 cm³/mol. The first-order valence-corrected chi connectivity index (χ1v) is 8.21. The van der Waals surface area contributed by atoms with E-state index < -0.39 is 23.8 Å². The number of benzene rings is 1. The largest absolute Gasteiger partial charge is 0.444 e. The Morgan fingerprint density at radius 2 is 2.04 bits per heavy atom. The van der Waals surface area contributed by atoms with Crippen LogP contribution in [0.3, 0.4) is 0 Å². The molecule has 1 heterocycles. The highest BCUT2D eigenvalue weighted by molar-refractivity contribution is 5.94. The van der Waals surface area contributed by atoms with Gasteiger partial charge >= 0.3 is 5.97 Å². The zero-order valence-corrected chi connectivity index (χ0v) is 14.0. The van der Waals surface area contributed by atoms with Crippen molar-refractivity contribution in [2.45, 2.75) is 45.3 Å². The van der Waals surface area contributed by atoms with Gasteiger partial charge in [-0.25, -0.2) is 9.18 Å². The number of aryl methyl sites for hydroxylation is 2. The number of hydrogen-bond acceptors (Lipinski definition) is 5. The Hall–Kier alpha value is -2.70. The zero-order valence-electron chi connectivity index (χ0n) is 14.0. The average molecular weight is 346 g/mol. The highest BCUT2D eigenvalue weighted by Gasteiger charge is 2.32. The summed E-state index contributed by atoms with van der Waals surface area (Å²) in [5.74, 6) is -1.20. The first-order chi connectivity index (χ1) is 12.0. The smallest absolute Gasteiger partial charge is 0.344 e. The van der Waals surface area contributed by atoms with Gasteiger partial charge in [-0.15, -0.1) is 0 Å². The zero-order chi connectivity index (χ0) is 18.0. The summed E-state index contributed by atoms with van der Waals surface area (Å²) >= 11 is 0. The van der Waals surface area contributed by atoms with Crippen LogP contribution < -0.4 is 5.32 Å². The number of halogens is 1. The summed E-state index contributed by atoms with van der Waals surface area (Å²) in [4.78, 5) is 25.1. The van der Waals surface area contributed by atoms with Crippen molar-refractivity contribution in [2.24, 2.45) is 0 Å². The molecule has 2 aromatic rings.